The first-order chi connectivity index (χ1) is 18.1. The highest BCUT2D eigenvalue weighted by molar-refractivity contribution is 9.11. The van der Waals surface area contributed by atoms with Gasteiger partial charge in [0.2, 0.25) is 11.6 Å². The van der Waals surface area contributed by atoms with Gasteiger partial charge in [0.15, 0.2) is 5.60 Å². The van der Waals surface area contributed by atoms with Crippen molar-refractivity contribution in [3.05, 3.63) is 38.9 Å². The van der Waals surface area contributed by atoms with Gasteiger partial charge in [-0.25, -0.2) is 0 Å². The van der Waals surface area contributed by atoms with E-state index in [1.807, 2.05) is 39.8 Å². The zero-order chi connectivity index (χ0) is 29.2. The highest BCUT2D eigenvalue weighted by Gasteiger charge is 2.64. The van der Waals surface area contributed by atoms with Crippen molar-refractivity contribution in [2.45, 2.75) is 63.6 Å². The van der Waals surface area contributed by atoms with E-state index in [1.54, 1.807) is 25.1 Å². The average Bonchev–Trinajstić information content (AvgIpc) is 2.80. The molecule has 212 valence electrons. The van der Waals surface area contributed by atoms with Crippen LogP contribution in [0.5, 0.6) is 5.75 Å². The number of Topliss-reactive ketones (excluding diaryl/α,β-unsaturated/α-hetero) is 2. The number of carbonyl (C=O) groups is 3. The summed E-state index contributed by atoms with van der Waals surface area (Å²) in [4.78, 5) is 45.3. The molecule has 1 saturated carbocycles. The lowest BCUT2D eigenvalue weighted by atomic mass is 9.57. The number of nitrogens with zero attached hydrogens (tertiary/aromatic N) is 2. The number of anilines is 1. The molecule has 4 atom stereocenters. The van der Waals surface area contributed by atoms with Crippen LogP contribution in [0.15, 0.2) is 27.8 Å². The number of carbonyl (C=O) groups excluding carboxylic acids is 3. The first-order valence-electron chi connectivity index (χ1n) is 13.2. The topological polar surface area (TPSA) is 130 Å². The summed E-state index contributed by atoms with van der Waals surface area (Å²) in [6.07, 6.45) is 2.03. The zero-order valence-electron chi connectivity index (χ0n) is 23.6. The van der Waals surface area contributed by atoms with Crippen molar-refractivity contribution in [3.8, 4) is 5.75 Å². The Bertz CT molecular complexity index is 1310. The molecule has 0 aliphatic heterocycles. The lowest BCUT2D eigenvalue weighted by Crippen LogP contribution is -2.67. The Morgan fingerprint density at radius 2 is 1.79 bits per heavy atom. The molecule has 1 amide bonds. The summed E-state index contributed by atoms with van der Waals surface area (Å²) in [5.74, 6) is -4.56. The number of rotatable bonds is 6. The molecule has 4 rings (SSSR count). The van der Waals surface area contributed by atoms with E-state index in [2.05, 4.69) is 21.2 Å². The number of phenolic OH excluding ortho intramolecular Hbond substituents is 1. The van der Waals surface area contributed by atoms with Crippen molar-refractivity contribution >= 4 is 44.9 Å². The van der Waals surface area contributed by atoms with Crippen molar-refractivity contribution in [2.75, 3.05) is 33.1 Å². The molecular weight excluding hydrogens is 566 g/mol. The van der Waals surface area contributed by atoms with E-state index in [1.165, 1.54) is 6.07 Å². The molecule has 0 unspecified atom stereocenters. The van der Waals surface area contributed by atoms with Gasteiger partial charge in [-0.15, -0.1) is 0 Å². The van der Waals surface area contributed by atoms with Crippen LogP contribution < -0.4 is 10.2 Å². The number of aromatic hydroxyl groups is 1. The SMILES string of the molecule is CCCC(C)(C)NC(=O)C1=C(Br)[C@H](N(C)C)[C@H]2C[C@H]3Cc4c(N(C)C)ccc(O)c4C(O)=C3C(=O)[C@@]2(O)C1=O. The number of halogens is 1. The third-order valence-corrected chi connectivity index (χ3v) is 9.19. The number of ketones is 2. The third-order valence-electron chi connectivity index (χ3n) is 8.33. The van der Waals surface area contributed by atoms with Gasteiger partial charge in [-0.1, -0.05) is 29.3 Å². The number of hydrogen-bond donors (Lipinski definition) is 4. The van der Waals surface area contributed by atoms with Crippen molar-refractivity contribution in [1.82, 2.24) is 10.2 Å². The maximum atomic E-state index is 14.1. The number of likely N-dealkylation sites (N-methyl/N-ethyl adjacent to an activating group) is 1. The van der Waals surface area contributed by atoms with Gasteiger partial charge in [0, 0.05) is 47.3 Å². The van der Waals surface area contributed by atoms with Gasteiger partial charge in [0.1, 0.15) is 11.5 Å². The molecule has 1 fully saturated rings. The van der Waals surface area contributed by atoms with E-state index in [9.17, 15) is 29.7 Å². The summed E-state index contributed by atoms with van der Waals surface area (Å²) in [5.41, 5.74) is -1.93. The second kappa shape index (κ2) is 10.1. The molecule has 0 aromatic heterocycles. The van der Waals surface area contributed by atoms with Gasteiger partial charge >= 0.3 is 0 Å². The molecule has 0 spiro atoms. The van der Waals surface area contributed by atoms with Crippen LogP contribution >= 0.6 is 15.9 Å². The second-order valence-corrected chi connectivity index (χ2v) is 12.9. The maximum absolute atomic E-state index is 14.1. The molecule has 10 heteroatoms. The normalized spacial score (nSPS) is 26.9. The number of amides is 1. The predicted octanol–water partition coefficient (Wildman–Crippen LogP) is 3.08. The third kappa shape index (κ3) is 4.50. The van der Waals surface area contributed by atoms with Gasteiger partial charge in [-0.2, -0.15) is 0 Å². The molecule has 1 aromatic rings. The Labute approximate surface area is 237 Å². The number of fused-ring (bicyclic) bond motifs is 3. The van der Waals surface area contributed by atoms with E-state index in [0.29, 0.717) is 22.9 Å². The molecule has 9 nitrogen and oxygen atoms in total. The standard InChI is InChI=1S/C29H38BrN3O6/c1-8-11-28(2,3)31-27(38)21-22(30)23(33(6)7)16-13-14-12-15-17(32(4)5)9-10-18(34)20(15)24(35)19(14)25(36)29(16,39)26(21)37/h9-10,14,16,23,34-35,39H,8,11-13H2,1-7H3,(H,31,38)/t14-,16-,23-,29-/m1/s1. The van der Waals surface area contributed by atoms with Crippen LogP contribution in [0.1, 0.15) is 51.2 Å². The molecule has 0 bridgehead atoms. The van der Waals surface area contributed by atoms with Crippen LogP contribution in [0.25, 0.3) is 5.76 Å². The van der Waals surface area contributed by atoms with Gasteiger partial charge in [-0.3, -0.25) is 14.4 Å². The fourth-order valence-corrected chi connectivity index (χ4v) is 7.73. The lowest BCUT2D eigenvalue weighted by Gasteiger charge is -2.50. The van der Waals surface area contributed by atoms with Crippen LogP contribution in [0.2, 0.25) is 0 Å². The van der Waals surface area contributed by atoms with Crippen molar-refractivity contribution in [1.29, 1.82) is 0 Å². The second-order valence-electron chi connectivity index (χ2n) is 12.0. The molecule has 39 heavy (non-hydrogen) atoms. The summed E-state index contributed by atoms with van der Waals surface area (Å²) in [7, 11) is 7.24. The van der Waals surface area contributed by atoms with E-state index < -0.39 is 52.3 Å². The molecular formula is C29H38BrN3O6. The molecule has 0 saturated heterocycles. The van der Waals surface area contributed by atoms with E-state index in [4.69, 9.17) is 0 Å². The van der Waals surface area contributed by atoms with Crippen LogP contribution in [0, 0.1) is 11.8 Å². The van der Waals surface area contributed by atoms with Crippen molar-refractivity contribution in [2.24, 2.45) is 11.8 Å². The van der Waals surface area contributed by atoms with Gasteiger partial charge in [0.25, 0.3) is 5.91 Å². The molecule has 0 radical (unpaired) electrons. The van der Waals surface area contributed by atoms with Crippen LogP contribution in [0.4, 0.5) is 5.69 Å². The van der Waals surface area contributed by atoms with Crippen LogP contribution in [0.3, 0.4) is 0 Å². The number of hydrogen-bond acceptors (Lipinski definition) is 8. The Balaban J connectivity index is 1.89. The van der Waals surface area contributed by atoms with E-state index >= 15 is 0 Å². The highest BCUT2D eigenvalue weighted by atomic mass is 79.9. The first kappa shape index (κ1) is 29.3. The minimum absolute atomic E-state index is 0.0811. The molecule has 1 aromatic carbocycles. The monoisotopic (exact) mass is 603 g/mol. The Kier molecular flexibility index (Phi) is 7.55. The maximum Gasteiger partial charge on any atom is 0.256 e. The predicted molar refractivity (Wildman–Crippen MR) is 153 cm³/mol. The average molecular weight is 605 g/mol. The fraction of sp³-hybridized carbons (Fsp3) is 0.552. The number of nitrogens with one attached hydrogen (secondary N) is 1. The van der Waals surface area contributed by atoms with Gasteiger partial charge < -0.3 is 30.4 Å². The first-order valence-corrected chi connectivity index (χ1v) is 14.0. The number of benzene rings is 1. The smallest absolute Gasteiger partial charge is 0.256 e. The van der Waals surface area contributed by atoms with Crippen molar-refractivity contribution in [3.63, 3.8) is 0 Å². The number of aliphatic hydroxyl groups excluding tert-OH is 1. The Morgan fingerprint density at radius 3 is 2.36 bits per heavy atom. The summed E-state index contributed by atoms with van der Waals surface area (Å²) < 4.78 is 0.323. The highest BCUT2D eigenvalue weighted by Crippen LogP contribution is 2.53. The summed E-state index contributed by atoms with van der Waals surface area (Å²) >= 11 is 3.51. The fourth-order valence-electron chi connectivity index (χ4n) is 6.64. The zero-order valence-corrected chi connectivity index (χ0v) is 25.1. The van der Waals surface area contributed by atoms with Crippen molar-refractivity contribution < 1.29 is 29.7 Å². The Morgan fingerprint density at radius 1 is 1.15 bits per heavy atom. The largest absolute Gasteiger partial charge is 0.507 e. The summed E-state index contributed by atoms with van der Waals surface area (Å²) in [6.45, 7) is 5.69. The lowest BCUT2D eigenvalue weighted by molar-refractivity contribution is -0.160. The van der Waals surface area contributed by atoms with Gasteiger partial charge in [0.05, 0.1) is 11.1 Å². The molecule has 0 heterocycles. The van der Waals surface area contributed by atoms with E-state index in [0.717, 1.165) is 12.1 Å². The minimum atomic E-state index is -2.56. The Hall–Kier alpha value is -2.69. The summed E-state index contributed by atoms with van der Waals surface area (Å²) in [5, 5.41) is 36.9. The van der Waals surface area contributed by atoms with Gasteiger partial charge in [-0.05, 0) is 70.8 Å². The number of aliphatic hydroxyl groups is 2. The minimum Gasteiger partial charge on any atom is -0.507 e. The molecule has 3 aliphatic rings. The van der Waals surface area contributed by atoms with Crippen LogP contribution in [-0.4, -0.2) is 83.1 Å². The molecule has 4 N–H and O–H groups in total. The molecule has 3 aliphatic carbocycles. The number of phenols is 1. The van der Waals surface area contributed by atoms with Crippen LogP contribution in [-0.2, 0) is 20.8 Å². The quantitative estimate of drug-likeness (QED) is 0.288. The van der Waals surface area contributed by atoms with E-state index in [-0.39, 0.29) is 28.9 Å². The summed E-state index contributed by atoms with van der Waals surface area (Å²) in [6, 6.07) is 2.56.